The fourth-order valence-electron chi connectivity index (χ4n) is 1.23. The Balaban J connectivity index is 3.35. The lowest BCUT2D eigenvalue weighted by Crippen LogP contribution is -2.20. The zero-order valence-electron chi connectivity index (χ0n) is 9.92. The van der Waals surface area contributed by atoms with Crippen LogP contribution >= 0.6 is 0 Å². The van der Waals surface area contributed by atoms with Crippen LogP contribution in [0, 0.1) is 0 Å². The highest BCUT2D eigenvalue weighted by atomic mass is 16.4. The van der Waals surface area contributed by atoms with Gasteiger partial charge in [-0.2, -0.15) is 0 Å². The fraction of sp³-hybridized carbons (Fsp3) is 0.727. The number of nitrogens with zero attached hydrogens (tertiary/aromatic N) is 1. The average Bonchev–Trinajstić information content (AvgIpc) is 2.09. The zero-order valence-corrected chi connectivity index (χ0v) is 9.92. The minimum atomic E-state index is -0.873. The number of hydrogen-bond acceptors (Lipinski definition) is 3. The highest BCUT2D eigenvalue weighted by molar-refractivity contribution is 5.80. The minimum Gasteiger partial charge on any atom is -0.478 e. The molecule has 15 heavy (non-hydrogen) atoms. The first-order chi connectivity index (χ1) is 7.02. The molecule has 0 saturated carbocycles. The van der Waals surface area contributed by atoms with Crippen molar-refractivity contribution >= 4 is 5.97 Å². The van der Waals surface area contributed by atoms with Gasteiger partial charge in [0, 0.05) is 12.6 Å². The monoisotopic (exact) mass is 214 g/mol. The molecule has 0 saturated heterocycles. The third-order valence-corrected chi connectivity index (χ3v) is 1.98. The van der Waals surface area contributed by atoms with E-state index in [1.54, 1.807) is 0 Å². The van der Waals surface area contributed by atoms with Crippen molar-refractivity contribution in [1.29, 1.82) is 0 Å². The molecule has 0 amide bonds. The van der Waals surface area contributed by atoms with Crippen molar-refractivity contribution in [2.45, 2.75) is 19.8 Å². The van der Waals surface area contributed by atoms with Crippen LogP contribution in [-0.2, 0) is 4.79 Å². The van der Waals surface area contributed by atoms with Gasteiger partial charge < -0.3 is 15.3 Å². The topological polar surface area (TPSA) is 52.6 Å². The maximum absolute atomic E-state index is 10.3. The van der Waals surface area contributed by atoms with Crippen molar-refractivity contribution in [3.63, 3.8) is 0 Å². The van der Waals surface area contributed by atoms with E-state index in [0.717, 1.165) is 25.1 Å². The van der Waals surface area contributed by atoms with Gasteiger partial charge in [-0.15, -0.1) is 0 Å². The van der Waals surface area contributed by atoms with Gasteiger partial charge >= 0.3 is 5.97 Å². The van der Waals surface area contributed by atoms with Crippen molar-refractivity contribution < 1.29 is 9.90 Å². The summed E-state index contributed by atoms with van der Waals surface area (Å²) in [7, 11) is 4.13. The van der Waals surface area contributed by atoms with Crippen molar-refractivity contribution in [1.82, 2.24) is 10.2 Å². The SMILES string of the molecule is CC(=CC(=O)O)CNCCCCN(C)C. The van der Waals surface area contributed by atoms with Crippen molar-refractivity contribution in [2.75, 3.05) is 33.7 Å². The maximum atomic E-state index is 10.3. The number of aliphatic carboxylic acids is 1. The van der Waals surface area contributed by atoms with Crippen LogP contribution in [0.1, 0.15) is 19.8 Å². The lowest BCUT2D eigenvalue weighted by atomic mass is 10.2. The minimum absolute atomic E-state index is 0.661. The largest absolute Gasteiger partial charge is 0.478 e. The van der Waals surface area contributed by atoms with E-state index in [2.05, 4.69) is 24.3 Å². The molecule has 4 nitrogen and oxygen atoms in total. The summed E-state index contributed by atoms with van der Waals surface area (Å²) < 4.78 is 0. The summed E-state index contributed by atoms with van der Waals surface area (Å²) >= 11 is 0. The molecule has 88 valence electrons. The first kappa shape index (κ1) is 14.1. The molecule has 0 spiro atoms. The molecule has 4 heteroatoms. The lowest BCUT2D eigenvalue weighted by molar-refractivity contribution is -0.131. The molecule has 0 aromatic heterocycles. The normalized spacial score (nSPS) is 12.1. The number of unbranched alkanes of at least 4 members (excludes halogenated alkanes) is 1. The Hall–Kier alpha value is -0.870. The van der Waals surface area contributed by atoms with E-state index in [4.69, 9.17) is 5.11 Å². The number of carbonyl (C=O) groups is 1. The van der Waals surface area contributed by atoms with Gasteiger partial charge in [0.2, 0.25) is 0 Å². The predicted molar refractivity (Wildman–Crippen MR) is 62.1 cm³/mol. The third kappa shape index (κ3) is 11.1. The van der Waals surface area contributed by atoms with Gasteiger partial charge in [-0.1, -0.05) is 5.57 Å². The molecule has 0 aromatic carbocycles. The molecule has 0 atom stereocenters. The first-order valence-corrected chi connectivity index (χ1v) is 5.28. The van der Waals surface area contributed by atoms with Gasteiger partial charge in [-0.25, -0.2) is 4.79 Å². The van der Waals surface area contributed by atoms with E-state index < -0.39 is 5.97 Å². The van der Waals surface area contributed by atoms with Crippen LogP contribution in [0.3, 0.4) is 0 Å². The van der Waals surface area contributed by atoms with Crippen LogP contribution in [0.25, 0.3) is 0 Å². The average molecular weight is 214 g/mol. The summed E-state index contributed by atoms with van der Waals surface area (Å²) in [5.41, 5.74) is 0.857. The van der Waals surface area contributed by atoms with E-state index in [9.17, 15) is 4.79 Å². The quantitative estimate of drug-likeness (QED) is 0.466. The van der Waals surface area contributed by atoms with Gasteiger partial charge in [-0.05, 0) is 47.0 Å². The Morgan fingerprint density at radius 1 is 1.40 bits per heavy atom. The highest BCUT2D eigenvalue weighted by Crippen LogP contribution is 1.92. The van der Waals surface area contributed by atoms with Gasteiger partial charge in [0.25, 0.3) is 0 Å². The molecule has 0 aliphatic carbocycles. The third-order valence-electron chi connectivity index (χ3n) is 1.98. The summed E-state index contributed by atoms with van der Waals surface area (Å²) in [5.74, 6) is -0.873. The maximum Gasteiger partial charge on any atom is 0.328 e. The second kappa shape index (κ2) is 8.44. The molecular formula is C11H22N2O2. The van der Waals surface area contributed by atoms with Crippen LogP contribution in [0.5, 0.6) is 0 Å². The van der Waals surface area contributed by atoms with Crippen molar-refractivity contribution in [3.05, 3.63) is 11.6 Å². The Bertz CT molecular complexity index is 213. The van der Waals surface area contributed by atoms with Crippen LogP contribution in [0.15, 0.2) is 11.6 Å². The first-order valence-electron chi connectivity index (χ1n) is 5.28. The predicted octanol–water partition coefficient (Wildman–Crippen LogP) is 0.949. The van der Waals surface area contributed by atoms with Crippen LogP contribution in [-0.4, -0.2) is 49.7 Å². The number of rotatable bonds is 8. The lowest BCUT2D eigenvalue weighted by Gasteiger charge is -2.09. The number of carboxylic acid groups (broad SMARTS) is 1. The molecular weight excluding hydrogens is 192 g/mol. The Labute approximate surface area is 92.0 Å². The molecule has 0 aliphatic rings. The summed E-state index contributed by atoms with van der Waals surface area (Å²) in [6.45, 7) is 4.53. The number of carboxylic acids is 1. The number of hydrogen-bond donors (Lipinski definition) is 2. The summed E-state index contributed by atoms with van der Waals surface area (Å²) in [4.78, 5) is 12.5. The van der Waals surface area contributed by atoms with Gasteiger partial charge in [-0.3, -0.25) is 0 Å². The van der Waals surface area contributed by atoms with Gasteiger partial charge in [0.15, 0.2) is 0 Å². The van der Waals surface area contributed by atoms with Crippen LogP contribution < -0.4 is 5.32 Å². The summed E-state index contributed by atoms with van der Waals surface area (Å²) in [6.07, 6.45) is 3.53. The molecule has 0 fully saturated rings. The van der Waals surface area contributed by atoms with Crippen molar-refractivity contribution in [2.24, 2.45) is 0 Å². The zero-order chi connectivity index (χ0) is 11.7. The highest BCUT2D eigenvalue weighted by Gasteiger charge is 1.94. The van der Waals surface area contributed by atoms with E-state index in [1.807, 2.05) is 6.92 Å². The smallest absolute Gasteiger partial charge is 0.328 e. The van der Waals surface area contributed by atoms with E-state index in [1.165, 1.54) is 12.5 Å². The molecule has 0 rings (SSSR count). The van der Waals surface area contributed by atoms with Crippen LogP contribution in [0.4, 0.5) is 0 Å². The fourth-order valence-corrected chi connectivity index (χ4v) is 1.23. The van der Waals surface area contributed by atoms with Gasteiger partial charge in [0.05, 0.1) is 0 Å². The molecule has 0 bridgehead atoms. The summed E-state index contributed by atoms with van der Waals surface area (Å²) in [5, 5.41) is 11.7. The summed E-state index contributed by atoms with van der Waals surface area (Å²) in [6, 6.07) is 0. The van der Waals surface area contributed by atoms with Crippen molar-refractivity contribution in [3.8, 4) is 0 Å². The molecule has 0 unspecified atom stereocenters. The second-order valence-corrected chi connectivity index (χ2v) is 4.02. The standard InChI is InChI=1S/C11H22N2O2/c1-10(8-11(14)15)9-12-6-4-5-7-13(2)3/h8,12H,4-7,9H2,1-3H3,(H,14,15). The van der Waals surface area contributed by atoms with Crippen LogP contribution in [0.2, 0.25) is 0 Å². The van der Waals surface area contributed by atoms with E-state index >= 15 is 0 Å². The van der Waals surface area contributed by atoms with E-state index in [0.29, 0.717) is 6.54 Å². The Morgan fingerprint density at radius 2 is 2.07 bits per heavy atom. The Kier molecular flexibility index (Phi) is 7.95. The molecule has 0 aliphatic heterocycles. The number of nitrogens with one attached hydrogen (secondary N) is 1. The second-order valence-electron chi connectivity index (χ2n) is 4.02. The molecule has 0 aromatic rings. The molecule has 0 radical (unpaired) electrons. The molecule has 2 N–H and O–H groups in total. The molecule has 0 heterocycles. The Morgan fingerprint density at radius 3 is 2.60 bits per heavy atom. The van der Waals surface area contributed by atoms with E-state index in [-0.39, 0.29) is 0 Å². The van der Waals surface area contributed by atoms with Gasteiger partial charge in [0.1, 0.15) is 0 Å².